The van der Waals surface area contributed by atoms with Crippen molar-refractivity contribution in [3.8, 4) is 0 Å². The SMILES string of the molecule is CN(C)[C@H](CNC(=O)Cc1ccccc1[N+](=O)[O-])c1ccsc1. The minimum absolute atomic E-state index is 0.000931. The van der Waals surface area contributed by atoms with Crippen LogP contribution in [-0.4, -0.2) is 36.4 Å². The summed E-state index contributed by atoms with van der Waals surface area (Å²) in [6, 6.07) is 8.43. The number of hydrogen-bond donors (Lipinski definition) is 1. The number of nitro benzene ring substituents is 1. The standard InChI is InChI=1S/C16H19N3O3S/c1-18(2)15(13-7-8-23-11-13)10-17-16(20)9-12-5-3-4-6-14(12)19(21)22/h3-8,11,15H,9-10H2,1-2H3,(H,17,20)/t15-/m1/s1. The molecule has 1 amide bonds. The van der Waals surface area contributed by atoms with Crippen molar-refractivity contribution in [2.24, 2.45) is 0 Å². The molecule has 23 heavy (non-hydrogen) atoms. The average molecular weight is 333 g/mol. The summed E-state index contributed by atoms with van der Waals surface area (Å²) in [5.41, 5.74) is 1.54. The number of thiophene rings is 1. The first kappa shape index (κ1) is 17.1. The normalized spacial score (nSPS) is 12.1. The van der Waals surface area contributed by atoms with Crippen molar-refractivity contribution in [2.45, 2.75) is 12.5 Å². The molecule has 0 radical (unpaired) electrons. The number of nitrogens with one attached hydrogen (secondary N) is 1. The van der Waals surface area contributed by atoms with Crippen LogP contribution in [0.4, 0.5) is 5.69 Å². The molecule has 1 atom stereocenters. The van der Waals surface area contributed by atoms with Crippen molar-refractivity contribution in [1.29, 1.82) is 0 Å². The van der Waals surface area contributed by atoms with Gasteiger partial charge in [0.05, 0.1) is 17.4 Å². The van der Waals surface area contributed by atoms with Crippen LogP contribution >= 0.6 is 11.3 Å². The van der Waals surface area contributed by atoms with E-state index in [-0.39, 0.29) is 24.1 Å². The van der Waals surface area contributed by atoms with Crippen LogP contribution in [-0.2, 0) is 11.2 Å². The monoisotopic (exact) mass is 333 g/mol. The second-order valence-electron chi connectivity index (χ2n) is 5.40. The Hall–Kier alpha value is -2.25. The maximum Gasteiger partial charge on any atom is 0.273 e. The quantitative estimate of drug-likeness (QED) is 0.624. The van der Waals surface area contributed by atoms with Crippen LogP contribution in [0.1, 0.15) is 17.2 Å². The molecule has 1 aromatic heterocycles. The molecule has 0 aliphatic rings. The van der Waals surface area contributed by atoms with Gasteiger partial charge in [0.25, 0.3) is 5.69 Å². The van der Waals surface area contributed by atoms with Crippen molar-refractivity contribution in [2.75, 3.05) is 20.6 Å². The van der Waals surface area contributed by atoms with E-state index in [1.54, 1.807) is 29.5 Å². The van der Waals surface area contributed by atoms with Gasteiger partial charge in [0.1, 0.15) is 0 Å². The Morgan fingerprint density at radius 2 is 2.09 bits per heavy atom. The van der Waals surface area contributed by atoms with Gasteiger partial charge in [-0.25, -0.2) is 0 Å². The summed E-state index contributed by atoms with van der Waals surface area (Å²) < 4.78 is 0. The molecule has 122 valence electrons. The fourth-order valence-electron chi connectivity index (χ4n) is 2.35. The number of carbonyl (C=O) groups is 1. The molecule has 0 bridgehead atoms. The number of nitro groups is 1. The molecule has 2 aromatic rings. The van der Waals surface area contributed by atoms with Crippen LogP contribution in [0.25, 0.3) is 0 Å². The molecule has 1 N–H and O–H groups in total. The van der Waals surface area contributed by atoms with Crippen molar-refractivity contribution >= 4 is 22.9 Å². The Labute approximate surface area is 138 Å². The van der Waals surface area contributed by atoms with Crippen LogP contribution in [0.15, 0.2) is 41.1 Å². The van der Waals surface area contributed by atoms with Crippen molar-refractivity contribution < 1.29 is 9.72 Å². The van der Waals surface area contributed by atoms with Crippen molar-refractivity contribution in [3.63, 3.8) is 0 Å². The van der Waals surface area contributed by atoms with E-state index in [2.05, 4.69) is 10.7 Å². The van der Waals surface area contributed by atoms with E-state index in [1.165, 1.54) is 6.07 Å². The molecule has 7 heteroatoms. The van der Waals surface area contributed by atoms with Gasteiger partial charge in [0.15, 0.2) is 0 Å². The minimum atomic E-state index is -0.462. The number of nitrogens with zero attached hydrogens (tertiary/aromatic N) is 2. The highest BCUT2D eigenvalue weighted by atomic mass is 32.1. The lowest BCUT2D eigenvalue weighted by atomic mass is 10.1. The van der Waals surface area contributed by atoms with E-state index in [4.69, 9.17) is 0 Å². The number of para-hydroxylation sites is 1. The van der Waals surface area contributed by atoms with Gasteiger partial charge in [-0.05, 0) is 36.5 Å². The Morgan fingerprint density at radius 3 is 2.70 bits per heavy atom. The van der Waals surface area contributed by atoms with Gasteiger partial charge in [-0.15, -0.1) is 0 Å². The Bertz CT molecular complexity index is 671. The lowest BCUT2D eigenvalue weighted by molar-refractivity contribution is -0.385. The number of rotatable bonds is 7. The first-order valence-corrected chi connectivity index (χ1v) is 8.11. The summed E-state index contributed by atoms with van der Waals surface area (Å²) in [6.45, 7) is 0.462. The fraction of sp³-hybridized carbons (Fsp3) is 0.312. The predicted octanol–water partition coefficient (Wildman–Crippen LogP) is 2.62. The summed E-state index contributed by atoms with van der Waals surface area (Å²) in [4.78, 5) is 24.7. The van der Waals surface area contributed by atoms with Crippen LogP contribution < -0.4 is 5.32 Å². The summed E-state index contributed by atoms with van der Waals surface area (Å²) in [5, 5.41) is 17.9. The fourth-order valence-corrected chi connectivity index (χ4v) is 3.05. The third kappa shape index (κ3) is 4.61. The highest BCUT2D eigenvalue weighted by Crippen LogP contribution is 2.21. The molecule has 6 nitrogen and oxygen atoms in total. The highest BCUT2D eigenvalue weighted by molar-refractivity contribution is 7.07. The maximum atomic E-state index is 12.1. The van der Waals surface area contributed by atoms with Crippen molar-refractivity contribution in [3.05, 3.63) is 62.3 Å². The first-order chi connectivity index (χ1) is 11.0. The molecule has 0 saturated carbocycles. The number of carbonyl (C=O) groups excluding carboxylic acids is 1. The van der Waals surface area contributed by atoms with Crippen LogP contribution in [0.5, 0.6) is 0 Å². The number of benzene rings is 1. The average Bonchev–Trinajstić information content (AvgIpc) is 3.01. The Balaban J connectivity index is 1.99. The van der Waals surface area contributed by atoms with E-state index in [0.29, 0.717) is 12.1 Å². The van der Waals surface area contributed by atoms with Crippen LogP contribution in [0, 0.1) is 10.1 Å². The van der Waals surface area contributed by atoms with Gasteiger partial charge in [-0.2, -0.15) is 11.3 Å². The summed E-state index contributed by atoms with van der Waals surface area (Å²) >= 11 is 1.61. The molecule has 0 saturated heterocycles. The van der Waals surface area contributed by atoms with Gasteiger partial charge in [0, 0.05) is 18.2 Å². The van der Waals surface area contributed by atoms with E-state index >= 15 is 0 Å². The minimum Gasteiger partial charge on any atom is -0.354 e. The molecule has 0 unspecified atom stereocenters. The number of likely N-dealkylation sites (N-methyl/N-ethyl adjacent to an activating group) is 1. The Kier molecular flexibility index (Phi) is 5.84. The van der Waals surface area contributed by atoms with E-state index < -0.39 is 4.92 Å². The molecule has 2 rings (SSSR count). The highest BCUT2D eigenvalue weighted by Gasteiger charge is 2.18. The first-order valence-electron chi connectivity index (χ1n) is 7.16. The molecule has 0 spiro atoms. The van der Waals surface area contributed by atoms with E-state index in [1.807, 2.05) is 30.4 Å². The number of amides is 1. The van der Waals surface area contributed by atoms with Crippen LogP contribution in [0.2, 0.25) is 0 Å². The second kappa shape index (κ2) is 7.85. The topological polar surface area (TPSA) is 75.5 Å². The lowest BCUT2D eigenvalue weighted by Crippen LogP contribution is -2.35. The van der Waals surface area contributed by atoms with Gasteiger partial charge in [0.2, 0.25) is 5.91 Å². The smallest absolute Gasteiger partial charge is 0.273 e. The van der Waals surface area contributed by atoms with Gasteiger partial charge >= 0.3 is 0 Å². The van der Waals surface area contributed by atoms with E-state index in [0.717, 1.165) is 5.56 Å². The molecule has 0 aliphatic carbocycles. The van der Waals surface area contributed by atoms with Crippen LogP contribution in [0.3, 0.4) is 0 Å². The molecule has 0 aliphatic heterocycles. The summed E-state index contributed by atoms with van der Waals surface area (Å²) in [6.07, 6.45) is 0.000931. The molecule has 0 fully saturated rings. The molecular formula is C16H19N3O3S. The third-order valence-corrected chi connectivity index (χ3v) is 4.28. The van der Waals surface area contributed by atoms with E-state index in [9.17, 15) is 14.9 Å². The predicted molar refractivity (Wildman–Crippen MR) is 90.6 cm³/mol. The zero-order chi connectivity index (χ0) is 16.8. The maximum absolute atomic E-state index is 12.1. The van der Waals surface area contributed by atoms with Gasteiger partial charge in [-0.3, -0.25) is 14.9 Å². The largest absolute Gasteiger partial charge is 0.354 e. The summed E-state index contributed by atoms with van der Waals surface area (Å²) in [7, 11) is 3.91. The Morgan fingerprint density at radius 1 is 1.35 bits per heavy atom. The molecule has 1 heterocycles. The lowest BCUT2D eigenvalue weighted by Gasteiger charge is -2.24. The summed E-state index contributed by atoms with van der Waals surface area (Å²) in [5.74, 6) is -0.221. The van der Waals surface area contributed by atoms with Crippen molar-refractivity contribution in [1.82, 2.24) is 10.2 Å². The van der Waals surface area contributed by atoms with Gasteiger partial charge in [-0.1, -0.05) is 18.2 Å². The zero-order valence-electron chi connectivity index (χ0n) is 13.1. The second-order valence-corrected chi connectivity index (χ2v) is 6.18. The zero-order valence-corrected chi connectivity index (χ0v) is 13.9. The molecular weight excluding hydrogens is 314 g/mol. The number of hydrogen-bond acceptors (Lipinski definition) is 5. The molecule has 1 aromatic carbocycles. The third-order valence-electron chi connectivity index (χ3n) is 3.58. The van der Waals surface area contributed by atoms with Gasteiger partial charge < -0.3 is 10.2 Å².